The lowest BCUT2D eigenvalue weighted by Crippen LogP contribution is -2.26. The average Bonchev–Trinajstić information content (AvgIpc) is 2.41. The Hall–Kier alpha value is -0.840. The van der Waals surface area contributed by atoms with Gasteiger partial charge in [-0.3, -0.25) is 0 Å². The highest BCUT2D eigenvalue weighted by Crippen LogP contribution is 2.31. The van der Waals surface area contributed by atoms with Crippen LogP contribution >= 0.6 is 11.6 Å². The van der Waals surface area contributed by atoms with Crippen LogP contribution in [0.4, 0.5) is 5.82 Å². The molecule has 19 heavy (non-hydrogen) atoms. The first kappa shape index (κ1) is 14.6. The zero-order valence-corrected chi connectivity index (χ0v) is 12.3. The van der Waals surface area contributed by atoms with Crippen molar-refractivity contribution in [3.63, 3.8) is 0 Å². The number of nitrogen functional groups attached to an aromatic ring is 1. The minimum atomic E-state index is 0.318. The molecule has 0 aliphatic heterocycles. The minimum absolute atomic E-state index is 0.318. The van der Waals surface area contributed by atoms with Gasteiger partial charge in [0.25, 0.3) is 0 Å². The third-order valence-electron chi connectivity index (χ3n) is 4.07. The Kier molecular flexibility index (Phi) is 5.02. The summed E-state index contributed by atoms with van der Waals surface area (Å²) in [6.45, 7) is 5.06. The first-order chi connectivity index (χ1) is 9.10. The highest BCUT2D eigenvalue weighted by Gasteiger charge is 2.25. The van der Waals surface area contributed by atoms with Gasteiger partial charge in [0.15, 0.2) is 0 Å². The standard InChI is InChI=1S/C14H22ClN3O/c1-9-3-4-11(7-10(9)2)19-8-13-12(15)5-6-14(17-13)18-16/h5-6,9-11H,3-4,7-8,16H2,1-2H3,(H,17,18). The number of rotatable bonds is 4. The van der Waals surface area contributed by atoms with Gasteiger partial charge in [-0.25, -0.2) is 10.8 Å². The molecule has 1 heterocycles. The van der Waals surface area contributed by atoms with Crippen molar-refractivity contribution in [3.8, 4) is 0 Å². The zero-order valence-electron chi connectivity index (χ0n) is 11.5. The van der Waals surface area contributed by atoms with E-state index in [0.717, 1.165) is 30.4 Å². The van der Waals surface area contributed by atoms with Crippen molar-refractivity contribution in [2.75, 3.05) is 5.43 Å². The van der Waals surface area contributed by atoms with E-state index in [2.05, 4.69) is 24.3 Å². The van der Waals surface area contributed by atoms with Gasteiger partial charge in [-0.1, -0.05) is 25.4 Å². The van der Waals surface area contributed by atoms with Gasteiger partial charge < -0.3 is 10.2 Å². The second-order valence-corrected chi connectivity index (χ2v) is 5.88. The summed E-state index contributed by atoms with van der Waals surface area (Å²) in [7, 11) is 0. The van der Waals surface area contributed by atoms with Crippen LogP contribution in [0.25, 0.3) is 0 Å². The predicted molar refractivity (Wildman–Crippen MR) is 77.8 cm³/mol. The molecular formula is C14H22ClN3O. The molecule has 1 aliphatic rings. The van der Waals surface area contributed by atoms with E-state index in [0.29, 0.717) is 23.6 Å². The van der Waals surface area contributed by atoms with Crippen LogP contribution in [0.3, 0.4) is 0 Å². The van der Waals surface area contributed by atoms with E-state index in [1.165, 1.54) is 6.42 Å². The van der Waals surface area contributed by atoms with Crippen molar-refractivity contribution in [1.29, 1.82) is 0 Å². The smallest absolute Gasteiger partial charge is 0.140 e. The van der Waals surface area contributed by atoms with Gasteiger partial charge in [-0.2, -0.15) is 0 Å². The Morgan fingerprint density at radius 3 is 2.84 bits per heavy atom. The molecule has 3 N–H and O–H groups in total. The summed E-state index contributed by atoms with van der Waals surface area (Å²) < 4.78 is 5.95. The van der Waals surface area contributed by atoms with Crippen LogP contribution in [0.2, 0.25) is 5.02 Å². The number of nitrogens with zero attached hydrogens (tertiary/aromatic N) is 1. The number of aromatic nitrogens is 1. The first-order valence-electron chi connectivity index (χ1n) is 6.83. The van der Waals surface area contributed by atoms with E-state index in [1.807, 2.05) is 0 Å². The molecule has 4 nitrogen and oxygen atoms in total. The largest absolute Gasteiger partial charge is 0.372 e. The number of anilines is 1. The molecule has 5 heteroatoms. The van der Waals surface area contributed by atoms with Crippen LogP contribution in [0.15, 0.2) is 12.1 Å². The minimum Gasteiger partial charge on any atom is -0.372 e. The summed E-state index contributed by atoms with van der Waals surface area (Å²) in [6, 6.07) is 3.53. The lowest BCUT2D eigenvalue weighted by molar-refractivity contribution is -0.00868. The molecule has 1 aromatic heterocycles. The van der Waals surface area contributed by atoms with Gasteiger partial charge in [-0.05, 0) is 43.2 Å². The van der Waals surface area contributed by atoms with Crippen molar-refractivity contribution in [2.45, 2.75) is 45.8 Å². The van der Waals surface area contributed by atoms with Gasteiger partial charge in [0.2, 0.25) is 0 Å². The Labute approximate surface area is 119 Å². The fourth-order valence-corrected chi connectivity index (χ4v) is 2.67. The Morgan fingerprint density at radius 2 is 2.16 bits per heavy atom. The third-order valence-corrected chi connectivity index (χ3v) is 4.42. The van der Waals surface area contributed by atoms with Gasteiger partial charge in [0.1, 0.15) is 5.82 Å². The quantitative estimate of drug-likeness (QED) is 0.657. The number of nitrogens with one attached hydrogen (secondary N) is 1. The number of pyridine rings is 1. The average molecular weight is 284 g/mol. The highest BCUT2D eigenvalue weighted by molar-refractivity contribution is 6.31. The molecule has 0 radical (unpaired) electrons. The van der Waals surface area contributed by atoms with Crippen molar-refractivity contribution < 1.29 is 4.74 Å². The lowest BCUT2D eigenvalue weighted by atomic mass is 9.80. The Morgan fingerprint density at radius 1 is 1.37 bits per heavy atom. The topological polar surface area (TPSA) is 60.2 Å². The molecule has 0 saturated heterocycles. The fourth-order valence-electron chi connectivity index (χ4n) is 2.51. The molecule has 0 aromatic carbocycles. The maximum atomic E-state index is 6.11. The highest BCUT2D eigenvalue weighted by atomic mass is 35.5. The van der Waals surface area contributed by atoms with E-state index < -0.39 is 0 Å². The molecule has 3 unspecified atom stereocenters. The molecule has 1 aliphatic carbocycles. The summed E-state index contributed by atoms with van der Waals surface area (Å²) in [5.41, 5.74) is 3.26. The number of halogens is 1. The first-order valence-corrected chi connectivity index (χ1v) is 7.21. The predicted octanol–water partition coefficient (Wildman–Crippen LogP) is 3.36. The van der Waals surface area contributed by atoms with Crippen molar-refractivity contribution >= 4 is 17.4 Å². The summed E-state index contributed by atoms with van der Waals surface area (Å²) in [6.07, 6.45) is 3.79. The lowest BCUT2D eigenvalue weighted by Gasteiger charge is -2.31. The van der Waals surface area contributed by atoms with Crippen LogP contribution in [0, 0.1) is 11.8 Å². The second kappa shape index (κ2) is 6.55. The number of hydrazine groups is 1. The maximum absolute atomic E-state index is 6.11. The summed E-state index contributed by atoms with van der Waals surface area (Å²) in [5.74, 6) is 7.47. The van der Waals surface area contributed by atoms with E-state index in [9.17, 15) is 0 Å². The van der Waals surface area contributed by atoms with Gasteiger partial charge in [-0.15, -0.1) is 0 Å². The van der Waals surface area contributed by atoms with Gasteiger partial charge in [0.05, 0.1) is 23.4 Å². The summed E-state index contributed by atoms with van der Waals surface area (Å²) in [5, 5.41) is 0.622. The van der Waals surface area contributed by atoms with Gasteiger partial charge >= 0.3 is 0 Å². The summed E-state index contributed by atoms with van der Waals surface area (Å²) >= 11 is 6.11. The van der Waals surface area contributed by atoms with Crippen molar-refractivity contribution in [2.24, 2.45) is 17.7 Å². The Balaban J connectivity index is 1.92. The number of nitrogens with two attached hydrogens (primary N) is 1. The normalized spacial score (nSPS) is 27.3. The van der Waals surface area contributed by atoms with E-state index >= 15 is 0 Å². The number of hydrogen-bond donors (Lipinski definition) is 2. The van der Waals surface area contributed by atoms with Gasteiger partial charge in [0, 0.05) is 0 Å². The SMILES string of the molecule is CC1CCC(OCc2nc(NN)ccc2Cl)CC1C. The van der Waals surface area contributed by atoms with Crippen LogP contribution in [-0.4, -0.2) is 11.1 Å². The molecule has 0 bridgehead atoms. The van der Waals surface area contributed by atoms with E-state index in [4.69, 9.17) is 22.2 Å². The van der Waals surface area contributed by atoms with Crippen molar-refractivity contribution in [1.82, 2.24) is 4.98 Å². The van der Waals surface area contributed by atoms with E-state index in [1.54, 1.807) is 12.1 Å². The van der Waals surface area contributed by atoms with Crippen LogP contribution in [-0.2, 0) is 11.3 Å². The number of hydrogen-bond acceptors (Lipinski definition) is 4. The molecule has 3 atom stereocenters. The maximum Gasteiger partial charge on any atom is 0.140 e. The van der Waals surface area contributed by atoms with E-state index in [-0.39, 0.29) is 0 Å². The molecule has 106 valence electrons. The summed E-state index contributed by atoms with van der Waals surface area (Å²) in [4.78, 5) is 4.32. The monoisotopic (exact) mass is 283 g/mol. The third kappa shape index (κ3) is 3.81. The van der Waals surface area contributed by atoms with Crippen LogP contribution in [0.1, 0.15) is 38.8 Å². The molecule has 0 amide bonds. The zero-order chi connectivity index (χ0) is 13.8. The molecular weight excluding hydrogens is 262 g/mol. The second-order valence-electron chi connectivity index (χ2n) is 5.47. The molecule has 1 fully saturated rings. The molecule has 1 saturated carbocycles. The number of ether oxygens (including phenoxy) is 1. The van der Waals surface area contributed by atoms with Crippen LogP contribution < -0.4 is 11.3 Å². The van der Waals surface area contributed by atoms with Crippen LogP contribution in [0.5, 0.6) is 0 Å². The molecule has 2 rings (SSSR count). The molecule has 0 spiro atoms. The fraction of sp³-hybridized carbons (Fsp3) is 0.643. The van der Waals surface area contributed by atoms with Crippen molar-refractivity contribution in [3.05, 3.63) is 22.8 Å². The molecule has 1 aromatic rings. The Bertz CT molecular complexity index is 427.